The van der Waals surface area contributed by atoms with Crippen molar-refractivity contribution in [3.05, 3.63) is 29.3 Å². The minimum absolute atomic E-state index is 0.00882. The smallest absolute Gasteiger partial charge is 0.416 e. The topological polar surface area (TPSA) is 79.2 Å². The molecule has 0 heterocycles. The molecule has 1 aliphatic rings. The predicted molar refractivity (Wildman–Crippen MR) is 77.9 cm³/mol. The van der Waals surface area contributed by atoms with Gasteiger partial charge in [0.25, 0.3) is 0 Å². The number of nitriles is 1. The maximum Gasteiger partial charge on any atom is 0.416 e. The highest BCUT2D eigenvalue weighted by molar-refractivity contribution is 5.94. The molecule has 1 saturated carbocycles. The van der Waals surface area contributed by atoms with Gasteiger partial charge in [-0.1, -0.05) is 0 Å². The first-order valence-corrected chi connectivity index (χ1v) is 7.19. The van der Waals surface area contributed by atoms with Crippen LogP contribution in [0, 0.1) is 16.7 Å². The van der Waals surface area contributed by atoms with Gasteiger partial charge in [-0.15, -0.1) is 0 Å². The van der Waals surface area contributed by atoms with Crippen LogP contribution in [0.25, 0.3) is 0 Å². The van der Waals surface area contributed by atoms with E-state index in [2.05, 4.69) is 5.32 Å². The Balaban J connectivity index is 2.19. The molecular weight excluding hydrogens is 325 g/mol. The summed E-state index contributed by atoms with van der Waals surface area (Å²) in [7, 11) is 0. The lowest BCUT2D eigenvalue weighted by atomic mass is 10.1. The second-order valence-electron chi connectivity index (χ2n) is 5.89. The average Bonchev–Trinajstić information content (AvgIpc) is 3.23. The molecule has 2 rings (SSSR count). The van der Waals surface area contributed by atoms with Gasteiger partial charge in [0.15, 0.2) is 0 Å². The van der Waals surface area contributed by atoms with Crippen molar-refractivity contribution in [1.29, 1.82) is 5.26 Å². The Bertz CT molecular complexity index is 703. The van der Waals surface area contributed by atoms with Crippen LogP contribution in [0.1, 0.15) is 42.1 Å². The summed E-state index contributed by atoms with van der Waals surface area (Å²) in [6.45, 7) is 1.14. The van der Waals surface area contributed by atoms with Gasteiger partial charge in [0.05, 0.1) is 23.8 Å². The van der Waals surface area contributed by atoms with Crippen LogP contribution in [0.15, 0.2) is 18.2 Å². The number of benzene rings is 1. The maximum atomic E-state index is 12.9. The lowest BCUT2D eigenvalue weighted by Crippen LogP contribution is -2.17. The number of hydrogen-bond donors (Lipinski definition) is 1. The SMILES string of the molecule is CC(=O)Nc1cc(C(=O)OCC2(CC#N)CC2)cc(C(F)(F)F)c1. The fraction of sp³-hybridized carbons (Fsp3) is 0.438. The van der Waals surface area contributed by atoms with E-state index in [9.17, 15) is 22.8 Å². The van der Waals surface area contributed by atoms with Gasteiger partial charge in [0, 0.05) is 24.4 Å². The van der Waals surface area contributed by atoms with E-state index in [0.717, 1.165) is 31.9 Å². The van der Waals surface area contributed by atoms with Crippen molar-refractivity contribution >= 4 is 17.6 Å². The Kier molecular flexibility index (Phi) is 4.83. The molecule has 8 heteroatoms. The molecule has 1 amide bonds. The predicted octanol–water partition coefficient (Wildman–Crippen LogP) is 3.51. The summed E-state index contributed by atoms with van der Waals surface area (Å²) in [4.78, 5) is 23.1. The van der Waals surface area contributed by atoms with Gasteiger partial charge >= 0.3 is 12.1 Å². The monoisotopic (exact) mass is 340 g/mol. The zero-order chi connectivity index (χ0) is 18.0. The molecule has 1 N–H and O–H groups in total. The lowest BCUT2D eigenvalue weighted by molar-refractivity contribution is -0.137. The van der Waals surface area contributed by atoms with Gasteiger partial charge in [-0.25, -0.2) is 4.79 Å². The van der Waals surface area contributed by atoms with E-state index in [4.69, 9.17) is 10.00 Å². The van der Waals surface area contributed by atoms with Crippen LogP contribution in [-0.4, -0.2) is 18.5 Å². The van der Waals surface area contributed by atoms with Crippen LogP contribution in [-0.2, 0) is 15.7 Å². The molecule has 0 unspecified atom stereocenters. The van der Waals surface area contributed by atoms with Gasteiger partial charge in [0.2, 0.25) is 5.91 Å². The molecule has 5 nitrogen and oxygen atoms in total. The molecule has 1 fully saturated rings. The van der Waals surface area contributed by atoms with Crippen molar-refractivity contribution in [2.45, 2.75) is 32.4 Å². The van der Waals surface area contributed by atoms with E-state index < -0.39 is 23.6 Å². The fourth-order valence-corrected chi connectivity index (χ4v) is 2.20. The third-order valence-electron chi connectivity index (χ3n) is 3.74. The van der Waals surface area contributed by atoms with Crippen LogP contribution in [0.4, 0.5) is 18.9 Å². The summed E-state index contributed by atoms with van der Waals surface area (Å²) in [6.07, 6.45) is -2.94. The second-order valence-corrected chi connectivity index (χ2v) is 5.89. The first-order valence-electron chi connectivity index (χ1n) is 7.19. The molecule has 0 aliphatic heterocycles. The molecule has 1 aromatic rings. The molecule has 0 saturated heterocycles. The third kappa shape index (κ3) is 4.47. The number of halogens is 3. The van der Waals surface area contributed by atoms with Crippen molar-refractivity contribution in [1.82, 2.24) is 0 Å². The van der Waals surface area contributed by atoms with Crippen LogP contribution in [0.2, 0.25) is 0 Å². The summed E-state index contributed by atoms with van der Waals surface area (Å²) < 4.78 is 43.9. The van der Waals surface area contributed by atoms with Crippen molar-refractivity contribution < 1.29 is 27.5 Å². The summed E-state index contributed by atoms with van der Waals surface area (Å²) in [5.41, 5.74) is -1.87. The summed E-state index contributed by atoms with van der Waals surface area (Å²) >= 11 is 0. The van der Waals surface area contributed by atoms with E-state index >= 15 is 0 Å². The number of esters is 1. The molecule has 24 heavy (non-hydrogen) atoms. The van der Waals surface area contributed by atoms with Gasteiger partial charge in [-0.05, 0) is 31.0 Å². The number of nitrogens with zero attached hydrogens (tertiary/aromatic N) is 1. The number of carbonyl (C=O) groups is 2. The Morgan fingerprint density at radius 3 is 2.50 bits per heavy atom. The van der Waals surface area contributed by atoms with E-state index in [0.29, 0.717) is 6.07 Å². The number of anilines is 1. The molecule has 0 radical (unpaired) electrons. The van der Waals surface area contributed by atoms with Crippen molar-refractivity contribution in [2.75, 3.05) is 11.9 Å². The van der Waals surface area contributed by atoms with E-state index in [-0.39, 0.29) is 29.7 Å². The average molecular weight is 340 g/mol. The van der Waals surface area contributed by atoms with Crippen LogP contribution in [0.3, 0.4) is 0 Å². The zero-order valence-electron chi connectivity index (χ0n) is 12.9. The standard InChI is InChI=1S/C16H15F3N2O3/c1-10(22)21-13-7-11(6-12(8-13)16(17,18)19)14(23)24-9-15(2-3-15)4-5-20/h6-8H,2-4,9H2,1H3,(H,21,22). The zero-order valence-corrected chi connectivity index (χ0v) is 12.9. The van der Waals surface area contributed by atoms with Crippen molar-refractivity contribution in [3.8, 4) is 6.07 Å². The molecule has 1 aromatic carbocycles. The van der Waals surface area contributed by atoms with Gasteiger partial charge < -0.3 is 10.1 Å². The molecule has 0 atom stereocenters. The van der Waals surface area contributed by atoms with E-state index in [1.54, 1.807) is 0 Å². The van der Waals surface area contributed by atoms with Crippen LogP contribution >= 0.6 is 0 Å². The van der Waals surface area contributed by atoms with Crippen LogP contribution < -0.4 is 5.32 Å². The fourth-order valence-electron chi connectivity index (χ4n) is 2.20. The van der Waals surface area contributed by atoms with Crippen LogP contribution in [0.5, 0.6) is 0 Å². The first-order chi connectivity index (χ1) is 11.1. The third-order valence-corrected chi connectivity index (χ3v) is 3.74. The number of hydrogen-bond acceptors (Lipinski definition) is 4. The summed E-state index contributed by atoms with van der Waals surface area (Å²) in [5, 5.41) is 10.9. The molecule has 0 bridgehead atoms. The normalized spacial score (nSPS) is 15.3. The van der Waals surface area contributed by atoms with Gasteiger partial charge in [-0.3, -0.25) is 4.79 Å². The number of ether oxygens (including phenoxy) is 1. The number of alkyl halides is 3. The largest absolute Gasteiger partial charge is 0.461 e. The highest BCUT2D eigenvalue weighted by Crippen LogP contribution is 2.48. The first kappa shape index (κ1) is 17.8. The van der Waals surface area contributed by atoms with E-state index in [1.165, 1.54) is 0 Å². The van der Waals surface area contributed by atoms with E-state index in [1.807, 2.05) is 6.07 Å². The molecule has 1 aliphatic carbocycles. The molecular formula is C16H15F3N2O3. The summed E-state index contributed by atoms with van der Waals surface area (Å²) in [6, 6.07) is 4.56. The molecule has 128 valence electrons. The van der Waals surface area contributed by atoms with Crippen molar-refractivity contribution in [2.24, 2.45) is 5.41 Å². The van der Waals surface area contributed by atoms with Gasteiger partial charge in [-0.2, -0.15) is 18.4 Å². The highest BCUT2D eigenvalue weighted by Gasteiger charge is 2.44. The number of rotatable bonds is 5. The number of amides is 1. The summed E-state index contributed by atoms with van der Waals surface area (Å²) in [5.74, 6) is -1.48. The number of nitrogens with one attached hydrogen (secondary N) is 1. The van der Waals surface area contributed by atoms with Crippen molar-refractivity contribution in [3.63, 3.8) is 0 Å². The number of carbonyl (C=O) groups excluding carboxylic acids is 2. The van der Waals surface area contributed by atoms with Gasteiger partial charge in [0.1, 0.15) is 0 Å². The Labute approximate surface area is 136 Å². The highest BCUT2D eigenvalue weighted by atomic mass is 19.4. The Morgan fingerprint density at radius 1 is 1.33 bits per heavy atom. The Morgan fingerprint density at radius 2 is 2.00 bits per heavy atom. The Hall–Kier alpha value is -2.56. The molecule has 0 spiro atoms. The quantitative estimate of drug-likeness (QED) is 0.832. The minimum Gasteiger partial charge on any atom is -0.461 e. The molecule has 0 aromatic heterocycles. The minimum atomic E-state index is -4.66. The lowest BCUT2D eigenvalue weighted by Gasteiger charge is -2.14. The second kappa shape index (κ2) is 6.51. The maximum absolute atomic E-state index is 12.9.